The van der Waals surface area contributed by atoms with E-state index in [-0.39, 0.29) is 5.75 Å². The van der Waals surface area contributed by atoms with E-state index in [2.05, 4.69) is 0 Å². The van der Waals surface area contributed by atoms with Crippen LogP contribution in [0.2, 0.25) is 0 Å². The smallest absolute Gasteiger partial charge is 0.424 e. The largest absolute Gasteiger partial charge is 0.490 e. The van der Waals surface area contributed by atoms with Crippen LogP contribution in [0, 0.1) is 0 Å². The molecule has 3 rings (SSSR count). The van der Waals surface area contributed by atoms with Gasteiger partial charge < -0.3 is 9.84 Å². The highest BCUT2D eigenvalue weighted by Crippen LogP contribution is 2.40. The second-order valence-corrected chi connectivity index (χ2v) is 6.23. The Kier molecular flexibility index (Phi) is 5.01. The lowest BCUT2D eigenvalue weighted by atomic mass is 9.92. The quantitative estimate of drug-likeness (QED) is 0.571. The van der Waals surface area contributed by atoms with Gasteiger partial charge in [0, 0.05) is 0 Å². The molecular formula is C20H14F6O2. The van der Waals surface area contributed by atoms with Gasteiger partial charge in [-0.25, -0.2) is 0 Å². The molecule has 0 saturated carbocycles. The summed E-state index contributed by atoms with van der Waals surface area (Å²) in [4.78, 5) is 0. The molecule has 2 nitrogen and oxygen atoms in total. The minimum absolute atomic E-state index is 0.225. The monoisotopic (exact) mass is 400 g/mol. The molecule has 0 aliphatic carbocycles. The molecule has 1 unspecified atom stereocenters. The molecule has 0 aliphatic heterocycles. The number of hydrogen-bond donors (Lipinski definition) is 1. The minimum Gasteiger partial charge on any atom is -0.490 e. The molecule has 0 amide bonds. The molecule has 0 bridgehead atoms. The van der Waals surface area contributed by atoms with Gasteiger partial charge in [-0.1, -0.05) is 36.4 Å². The summed E-state index contributed by atoms with van der Waals surface area (Å²) in [5, 5.41) is 11.6. The van der Waals surface area contributed by atoms with Gasteiger partial charge in [0.2, 0.25) is 5.60 Å². The standard InChI is InChI=1S/C20H14F6O2/c21-19(22,23)15-7-9-17(10-8-15)28-12-18(27,20(24,25)26)16-6-5-13-3-1-2-4-14(13)11-16/h1-11,27H,12H2. The van der Waals surface area contributed by atoms with Crippen LogP contribution in [0.3, 0.4) is 0 Å². The Morgan fingerprint density at radius 3 is 1.86 bits per heavy atom. The highest BCUT2D eigenvalue weighted by atomic mass is 19.4. The highest BCUT2D eigenvalue weighted by Gasteiger charge is 2.56. The third-order valence-electron chi connectivity index (χ3n) is 4.33. The van der Waals surface area contributed by atoms with Crippen LogP contribution < -0.4 is 4.74 Å². The Hall–Kier alpha value is -2.74. The van der Waals surface area contributed by atoms with Crippen LogP contribution in [0.1, 0.15) is 11.1 Å². The number of alkyl halides is 6. The van der Waals surface area contributed by atoms with Gasteiger partial charge >= 0.3 is 12.4 Å². The molecule has 148 valence electrons. The van der Waals surface area contributed by atoms with Crippen molar-refractivity contribution in [3.8, 4) is 5.75 Å². The molecular weight excluding hydrogens is 386 g/mol. The van der Waals surface area contributed by atoms with E-state index >= 15 is 0 Å². The van der Waals surface area contributed by atoms with Gasteiger partial charge in [-0.05, 0) is 46.7 Å². The average Bonchev–Trinajstić information content (AvgIpc) is 2.64. The van der Waals surface area contributed by atoms with Crippen LogP contribution in [0.25, 0.3) is 10.8 Å². The number of aliphatic hydroxyl groups is 1. The predicted molar refractivity (Wildman–Crippen MR) is 90.8 cm³/mol. The van der Waals surface area contributed by atoms with Gasteiger partial charge in [0.1, 0.15) is 12.4 Å². The van der Waals surface area contributed by atoms with E-state index in [1.165, 1.54) is 12.1 Å². The first-order valence-corrected chi connectivity index (χ1v) is 8.09. The molecule has 3 aromatic carbocycles. The van der Waals surface area contributed by atoms with Gasteiger partial charge in [0.15, 0.2) is 0 Å². The Labute approximate surface area is 156 Å². The van der Waals surface area contributed by atoms with Crippen molar-refractivity contribution in [1.82, 2.24) is 0 Å². The third kappa shape index (κ3) is 3.91. The Morgan fingerprint density at radius 1 is 0.714 bits per heavy atom. The fourth-order valence-electron chi connectivity index (χ4n) is 2.70. The maximum Gasteiger partial charge on any atom is 0.424 e. The number of rotatable bonds is 4. The zero-order chi connectivity index (χ0) is 20.6. The first kappa shape index (κ1) is 20.0. The van der Waals surface area contributed by atoms with Crippen molar-refractivity contribution in [2.75, 3.05) is 6.61 Å². The molecule has 8 heteroatoms. The molecule has 28 heavy (non-hydrogen) atoms. The van der Waals surface area contributed by atoms with Crippen molar-refractivity contribution in [1.29, 1.82) is 0 Å². The van der Waals surface area contributed by atoms with E-state index < -0.39 is 35.7 Å². The normalized spacial score (nSPS) is 14.7. The summed E-state index contributed by atoms with van der Waals surface area (Å²) in [5.74, 6) is -0.225. The fourth-order valence-corrected chi connectivity index (χ4v) is 2.70. The lowest BCUT2D eigenvalue weighted by Gasteiger charge is -2.31. The number of halogens is 6. The SMILES string of the molecule is OC(COc1ccc(C(F)(F)F)cc1)(c1ccc2ccccc2c1)C(F)(F)F. The van der Waals surface area contributed by atoms with Gasteiger partial charge in [0.05, 0.1) is 5.56 Å². The second-order valence-electron chi connectivity index (χ2n) is 6.23. The van der Waals surface area contributed by atoms with Crippen LogP contribution in [0.15, 0.2) is 66.7 Å². The maximum atomic E-state index is 13.6. The lowest BCUT2D eigenvalue weighted by molar-refractivity contribution is -0.275. The summed E-state index contributed by atoms with van der Waals surface area (Å²) >= 11 is 0. The van der Waals surface area contributed by atoms with Gasteiger partial charge in [-0.3, -0.25) is 0 Å². The second kappa shape index (κ2) is 7.01. The van der Waals surface area contributed by atoms with Gasteiger partial charge in [-0.15, -0.1) is 0 Å². The summed E-state index contributed by atoms with van der Waals surface area (Å²) < 4.78 is 83.6. The molecule has 3 aromatic rings. The van der Waals surface area contributed by atoms with Crippen LogP contribution in [-0.4, -0.2) is 17.9 Å². The number of ether oxygens (including phenoxy) is 1. The molecule has 0 heterocycles. The molecule has 1 N–H and O–H groups in total. The van der Waals surface area contributed by atoms with Crippen molar-refractivity contribution in [2.45, 2.75) is 18.0 Å². The Balaban J connectivity index is 1.89. The van der Waals surface area contributed by atoms with Crippen LogP contribution in [-0.2, 0) is 11.8 Å². The lowest BCUT2D eigenvalue weighted by Crippen LogP contribution is -2.47. The summed E-state index contributed by atoms with van der Waals surface area (Å²) in [6.45, 7) is -1.21. The molecule has 0 spiro atoms. The Bertz CT molecular complexity index is 963. The average molecular weight is 400 g/mol. The van der Waals surface area contributed by atoms with E-state index in [0.29, 0.717) is 22.9 Å². The van der Waals surface area contributed by atoms with Crippen molar-refractivity contribution in [3.63, 3.8) is 0 Å². The first-order valence-electron chi connectivity index (χ1n) is 8.09. The molecule has 0 aliphatic rings. The topological polar surface area (TPSA) is 29.5 Å². The number of fused-ring (bicyclic) bond motifs is 1. The third-order valence-corrected chi connectivity index (χ3v) is 4.33. The Morgan fingerprint density at radius 2 is 1.29 bits per heavy atom. The summed E-state index contributed by atoms with van der Waals surface area (Å²) in [6.07, 6.45) is -9.64. The molecule has 0 aromatic heterocycles. The zero-order valence-electron chi connectivity index (χ0n) is 14.2. The van der Waals surface area contributed by atoms with Crippen LogP contribution >= 0.6 is 0 Å². The van der Waals surface area contributed by atoms with Crippen molar-refractivity contribution in [3.05, 3.63) is 77.9 Å². The molecule has 0 saturated heterocycles. The summed E-state index contributed by atoms with van der Waals surface area (Å²) in [5.41, 5.74) is -4.72. The van der Waals surface area contributed by atoms with E-state index in [0.717, 1.165) is 18.2 Å². The van der Waals surface area contributed by atoms with Crippen molar-refractivity contribution >= 4 is 10.8 Å². The van der Waals surface area contributed by atoms with Gasteiger partial charge in [0.25, 0.3) is 0 Å². The maximum absolute atomic E-state index is 13.6. The first-order chi connectivity index (χ1) is 13.0. The number of hydrogen-bond acceptors (Lipinski definition) is 2. The molecule has 0 fully saturated rings. The predicted octanol–water partition coefficient (Wildman–Crippen LogP) is 5.69. The minimum atomic E-state index is -5.07. The van der Waals surface area contributed by atoms with Gasteiger partial charge in [-0.2, -0.15) is 26.3 Å². The van der Waals surface area contributed by atoms with E-state index in [1.807, 2.05) is 0 Å². The van der Waals surface area contributed by atoms with Crippen molar-refractivity contribution < 1.29 is 36.2 Å². The highest BCUT2D eigenvalue weighted by molar-refractivity contribution is 5.83. The number of benzene rings is 3. The fraction of sp³-hybridized carbons (Fsp3) is 0.200. The van der Waals surface area contributed by atoms with E-state index in [4.69, 9.17) is 4.74 Å². The van der Waals surface area contributed by atoms with Crippen molar-refractivity contribution in [2.24, 2.45) is 0 Å². The van der Waals surface area contributed by atoms with E-state index in [9.17, 15) is 31.4 Å². The molecule has 1 atom stereocenters. The van der Waals surface area contributed by atoms with E-state index in [1.54, 1.807) is 24.3 Å². The summed E-state index contributed by atoms with van der Waals surface area (Å²) in [7, 11) is 0. The molecule has 0 radical (unpaired) electrons. The zero-order valence-corrected chi connectivity index (χ0v) is 14.2. The van der Waals surface area contributed by atoms with Crippen LogP contribution in [0.5, 0.6) is 5.75 Å². The summed E-state index contributed by atoms with van der Waals surface area (Å²) in [6, 6.07) is 13.7. The van der Waals surface area contributed by atoms with Crippen LogP contribution in [0.4, 0.5) is 26.3 Å².